The zero-order chi connectivity index (χ0) is 24.9. The summed E-state index contributed by atoms with van der Waals surface area (Å²) in [6.07, 6.45) is 2.18. The molecule has 35 heavy (non-hydrogen) atoms. The highest BCUT2D eigenvalue weighted by Crippen LogP contribution is 2.21. The molecule has 0 saturated heterocycles. The largest absolute Gasteiger partial charge is 0.494 e. The molecule has 0 saturated carbocycles. The molecule has 2 N–H and O–H groups in total. The van der Waals surface area contributed by atoms with Gasteiger partial charge in [0.15, 0.2) is 0 Å². The summed E-state index contributed by atoms with van der Waals surface area (Å²) in [6.45, 7) is 2.72. The van der Waals surface area contributed by atoms with Gasteiger partial charge in [-0.2, -0.15) is 0 Å². The molecule has 0 bridgehead atoms. The summed E-state index contributed by atoms with van der Waals surface area (Å²) in [5, 5.41) is 5.54. The molecular weight excluding hydrogens is 444 g/mol. The number of ether oxygens (including phenoxy) is 1. The van der Waals surface area contributed by atoms with Crippen molar-refractivity contribution in [3.05, 3.63) is 84.6 Å². The third-order valence-corrected chi connectivity index (χ3v) is 5.14. The molecule has 0 atom stereocenters. The molecule has 3 aromatic rings. The molecule has 1 aromatic heterocycles. The van der Waals surface area contributed by atoms with E-state index < -0.39 is 0 Å². The average molecular weight is 475 g/mol. The lowest BCUT2D eigenvalue weighted by atomic mass is 10.1. The fraction of sp³-hybridized carbons (Fsp3) is 0.259. The smallest absolute Gasteiger partial charge is 0.240 e. The number of nitrogens with zero attached hydrogens (tertiary/aromatic N) is 2. The van der Waals surface area contributed by atoms with Crippen molar-refractivity contribution < 1.29 is 19.1 Å². The van der Waals surface area contributed by atoms with Gasteiger partial charge in [-0.3, -0.25) is 14.4 Å². The number of nitrogens with one attached hydrogen (secondary N) is 2. The van der Waals surface area contributed by atoms with E-state index in [1.807, 2.05) is 37.3 Å². The second kappa shape index (κ2) is 13.5. The van der Waals surface area contributed by atoms with Crippen molar-refractivity contribution in [1.82, 2.24) is 10.3 Å². The standard InChI is InChI=1S/C27H30N4O4/c1-2-35-23-13-11-22(12-14-23)31(20-26(33)29-19-17-21-8-4-3-5-9-21)27(34)16-15-25(32)30-24-10-6-7-18-28-24/h3-14,18H,2,15-17,19-20H2,1H3,(H,29,33)(H,28,30,32). The Balaban J connectivity index is 1.60. The Morgan fingerprint density at radius 1 is 0.886 bits per heavy atom. The monoisotopic (exact) mass is 474 g/mol. The van der Waals surface area contributed by atoms with E-state index in [0.29, 0.717) is 36.8 Å². The number of pyridine rings is 1. The molecule has 0 radical (unpaired) electrons. The molecule has 0 aliphatic rings. The summed E-state index contributed by atoms with van der Waals surface area (Å²) in [6, 6.07) is 22.0. The quantitative estimate of drug-likeness (QED) is 0.418. The van der Waals surface area contributed by atoms with Gasteiger partial charge >= 0.3 is 0 Å². The summed E-state index contributed by atoms with van der Waals surface area (Å²) in [5.41, 5.74) is 1.67. The first-order chi connectivity index (χ1) is 17.0. The minimum absolute atomic E-state index is 0.0292. The maximum absolute atomic E-state index is 13.1. The zero-order valence-electron chi connectivity index (χ0n) is 19.8. The summed E-state index contributed by atoms with van der Waals surface area (Å²) in [5.74, 6) is 0.164. The normalized spacial score (nSPS) is 10.3. The van der Waals surface area contributed by atoms with Crippen molar-refractivity contribution >= 4 is 29.2 Å². The van der Waals surface area contributed by atoms with Crippen LogP contribution in [-0.4, -0.2) is 42.4 Å². The highest BCUT2D eigenvalue weighted by atomic mass is 16.5. The van der Waals surface area contributed by atoms with Crippen LogP contribution in [0.1, 0.15) is 25.3 Å². The number of carbonyl (C=O) groups is 3. The van der Waals surface area contributed by atoms with E-state index in [1.165, 1.54) is 4.90 Å². The molecule has 182 valence electrons. The van der Waals surface area contributed by atoms with Gasteiger partial charge in [0.05, 0.1) is 6.61 Å². The Kier molecular flexibility index (Phi) is 9.80. The molecule has 1 heterocycles. The second-order valence-electron chi connectivity index (χ2n) is 7.76. The Bertz CT molecular complexity index is 1090. The van der Waals surface area contributed by atoms with Crippen LogP contribution in [0.4, 0.5) is 11.5 Å². The van der Waals surface area contributed by atoms with E-state index in [9.17, 15) is 14.4 Å². The SMILES string of the molecule is CCOc1ccc(N(CC(=O)NCCc2ccccc2)C(=O)CCC(=O)Nc2ccccn2)cc1. The van der Waals surface area contributed by atoms with Gasteiger partial charge in [0, 0.05) is 31.3 Å². The van der Waals surface area contributed by atoms with Crippen LogP contribution in [0, 0.1) is 0 Å². The lowest BCUT2D eigenvalue weighted by molar-refractivity contribution is -0.125. The number of hydrogen-bond donors (Lipinski definition) is 2. The van der Waals surface area contributed by atoms with Gasteiger partial charge < -0.3 is 20.3 Å². The van der Waals surface area contributed by atoms with Gasteiger partial charge in [-0.05, 0) is 55.3 Å². The van der Waals surface area contributed by atoms with Crippen LogP contribution in [0.15, 0.2) is 79.0 Å². The van der Waals surface area contributed by atoms with Crippen LogP contribution < -0.4 is 20.3 Å². The Morgan fingerprint density at radius 3 is 2.31 bits per heavy atom. The summed E-state index contributed by atoms with van der Waals surface area (Å²) < 4.78 is 5.47. The maximum Gasteiger partial charge on any atom is 0.240 e. The molecule has 0 unspecified atom stereocenters. The second-order valence-corrected chi connectivity index (χ2v) is 7.76. The zero-order valence-corrected chi connectivity index (χ0v) is 19.8. The van der Waals surface area contributed by atoms with Gasteiger partial charge in [-0.15, -0.1) is 0 Å². The van der Waals surface area contributed by atoms with Gasteiger partial charge in [0.2, 0.25) is 17.7 Å². The number of rotatable bonds is 12. The number of hydrogen-bond acceptors (Lipinski definition) is 5. The maximum atomic E-state index is 13.1. The third kappa shape index (κ3) is 8.58. The molecule has 3 rings (SSSR count). The Morgan fingerprint density at radius 2 is 1.63 bits per heavy atom. The first kappa shape index (κ1) is 25.4. The van der Waals surface area contributed by atoms with Crippen molar-refractivity contribution in [3.63, 3.8) is 0 Å². The number of amides is 3. The van der Waals surface area contributed by atoms with Crippen LogP contribution in [0.2, 0.25) is 0 Å². The molecule has 2 aromatic carbocycles. The fourth-order valence-corrected chi connectivity index (χ4v) is 3.40. The molecule has 8 heteroatoms. The number of benzene rings is 2. The predicted molar refractivity (Wildman–Crippen MR) is 135 cm³/mol. The molecule has 0 spiro atoms. The fourth-order valence-electron chi connectivity index (χ4n) is 3.40. The molecule has 0 fully saturated rings. The van der Waals surface area contributed by atoms with Crippen molar-refractivity contribution in [2.24, 2.45) is 0 Å². The predicted octanol–water partition coefficient (Wildman–Crippen LogP) is 3.59. The van der Waals surface area contributed by atoms with Crippen molar-refractivity contribution in [2.45, 2.75) is 26.2 Å². The summed E-state index contributed by atoms with van der Waals surface area (Å²) in [7, 11) is 0. The van der Waals surface area contributed by atoms with E-state index in [-0.39, 0.29) is 37.1 Å². The van der Waals surface area contributed by atoms with Crippen molar-refractivity contribution in [3.8, 4) is 5.75 Å². The van der Waals surface area contributed by atoms with Crippen LogP contribution in [0.3, 0.4) is 0 Å². The van der Waals surface area contributed by atoms with Crippen LogP contribution in [0.5, 0.6) is 5.75 Å². The van der Waals surface area contributed by atoms with Crippen LogP contribution >= 0.6 is 0 Å². The molecule has 8 nitrogen and oxygen atoms in total. The van der Waals surface area contributed by atoms with E-state index in [4.69, 9.17) is 4.74 Å². The minimum atomic E-state index is -0.330. The van der Waals surface area contributed by atoms with Gasteiger partial charge in [0.1, 0.15) is 18.1 Å². The lowest BCUT2D eigenvalue weighted by Gasteiger charge is -2.23. The average Bonchev–Trinajstić information content (AvgIpc) is 2.88. The number of carbonyl (C=O) groups excluding carboxylic acids is 3. The lowest BCUT2D eigenvalue weighted by Crippen LogP contribution is -2.41. The van der Waals surface area contributed by atoms with Crippen molar-refractivity contribution in [1.29, 1.82) is 0 Å². The van der Waals surface area contributed by atoms with E-state index in [0.717, 1.165) is 5.56 Å². The topological polar surface area (TPSA) is 101 Å². The van der Waals surface area contributed by atoms with Crippen LogP contribution in [-0.2, 0) is 20.8 Å². The van der Waals surface area contributed by atoms with Crippen LogP contribution in [0.25, 0.3) is 0 Å². The Hall–Kier alpha value is -4.20. The number of anilines is 2. The summed E-state index contributed by atoms with van der Waals surface area (Å²) in [4.78, 5) is 43.4. The molecule has 0 aliphatic heterocycles. The molecular formula is C27H30N4O4. The van der Waals surface area contributed by atoms with Crippen molar-refractivity contribution in [2.75, 3.05) is 29.9 Å². The van der Waals surface area contributed by atoms with Gasteiger partial charge in [-0.25, -0.2) is 4.98 Å². The molecule has 0 aliphatic carbocycles. The first-order valence-corrected chi connectivity index (χ1v) is 11.6. The van der Waals surface area contributed by atoms with E-state index in [2.05, 4.69) is 15.6 Å². The summed E-state index contributed by atoms with van der Waals surface area (Å²) >= 11 is 0. The number of aromatic nitrogens is 1. The minimum Gasteiger partial charge on any atom is -0.494 e. The highest BCUT2D eigenvalue weighted by Gasteiger charge is 2.20. The van der Waals surface area contributed by atoms with Gasteiger partial charge in [0.25, 0.3) is 0 Å². The van der Waals surface area contributed by atoms with Gasteiger partial charge in [-0.1, -0.05) is 36.4 Å². The molecule has 3 amide bonds. The first-order valence-electron chi connectivity index (χ1n) is 11.6. The Labute approximate surface area is 205 Å². The third-order valence-electron chi connectivity index (χ3n) is 5.14. The highest BCUT2D eigenvalue weighted by molar-refractivity contribution is 6.01. The van der Waals surface area contributed by atoms with E-state index >= 15 is 0 Å². The van der Waals surface area contributed by atoms with E-state index in [1.54, 1.807) is 48.7 Å².